The van der Waals surface area contributed by atoms with Crippen molar-refractivity contribution < 1.29 is 23.4 Å². The summed E-state index contributed by atoms with van der Waals surface area (Å²) in [7, 11) is 0. The molecular formula is C25H24FNO4. The van der Waals surface area contributed by atoms with E-state index in [1.807, 2.05) is 26.0 Å². The summed E-state index contributed by atoms with van der Waals surface area (Å²) in [6.07, 6.45) is 4.71. The highest BCUT2D eigenvalue weighted by molar-refractivity contribution is 5.87. The fourth-order valence-corrected chi connectivity index (χ4v) is 2.96. The lowest BCUT2D eigenvalue weighted by Gasteiger charge is -2.13. The molecule has 0 radical (unpaired) electrons. The van der Waals surface area contributed by atoms with E-state index in [0.29, 0.717) is 30.6 Å². The van der Waals surface area contributed by atoms with Crippen LogP contribution in [0, 0.1) is 19.7 Å². The third-order valence-electron chi connectivity index (χ3n) is 4.42. The molecule has 0 saturated carbocycles. The minimum atomic E-state index is -0.371. The summed E-state index contributed by atoms with van der Waals surface area (Å²) in [5, 5.41) is 0. The summed E-state index contributed by atoms with van der Waals surface area (Å²) in [6, 6.07) is 13.5. The molecule has 31 heavy (non-hydrogen) atoms. The molecule has 0 spiro atoms. The smallest absolute Gasteiger partial charge is 0.330 e. The maximum atomic E-state index is 13.0. The Bertz CT molecular complexity index is 1040. The predicted octanol–water partition coefficient (Wildman–Crippen LogP) is 5.79. The first-order valence-electron chi connectivity index (χ1n) is 9.92. The first-order valence-corrected chi connectivity index (χ1v) is 9.92. The van der Waals surface area contributed by atoms with Gasteiger partial charge in [0.1, 0.15) is 23.9 Å². The van der Waals surface area contributed by atoms with E-state index >= 15 is 0 Å². The van der Waals surface area contributed by atoms with Crippen molar-refractivity contribution in [3.63, 3.8) is 0 Å². The van der Waals surface area contributed by atoms with Gasteiger partial charge in [0.2, 0.25) is 5.88 Å². The van der Waals surface area contributed by atoms with E-state index in [0.717, 1.165) is 22.3 Å². The van der Waals surface area contributed by atoms with E-state index in [9.17, 15) is 9.18 Å². The number of nitrogens with zero attached hydrogens (tertiary/aromatic N) is 1. The van der Waals surface area contributed by atoms with Crippen LogP contribution in [-0.4, -0.2) is 17.6 Å². The third kappa shape index (κ3) is 6.40. The number of ether oxygens (including phenoxy) is 3. The van der Waals surface area contributed by atoms with Crippen LogP contribution >= 0.6 is 0 Å². The molecule has 3 rings (SSSR count). The normalized spacial score (nSPS) is 10.8. The second-order valence-corrected chi connectivity index (χ2v) is 6.92. The molecule has 0 aliphatic rings. The first kappa shape index (κ1) is 22.0. The summed E-state index contributed by atoms with van der Waals surface area (Å²) < 4.78 is 29.5. The maximum Gasteiger partial charge on any atom is 0.330 e. The monoisotopic (exact) mass is 421 g/mol. The number of carbonyl (C=O) groups excluding carboxylic acids is 1. The Morgan fingerprint density at radius 3 is 2.39 bits per heavy atom. The van der Waals surface area contributed by atoms with Gasteiger partial charge in [-0.05, 0) is 79.4 Å². The van der Waals surface area contributed by atoms with Crippen LogP contribution in [0.4, 0.5) is 4.39 Å². The highest BCUT2D eigenvalue weighted by Gasteiger charge is 2.09. The van der Waals surface area contributed by atoms with Crippen molar-refractivity contribution in [1.82, 2.24) is 4.98 Å². The summed E-state index contributed by atoms with van der Waals surface area (Å²) in [5.41, 5.74) is 3.59. The predicted molar refractivity (Wildman–Crippen MR) is 117 cm³/mol. The van der Waals surface area contributed by atoms with Gasteiger partial charge >= 0.3 is 5.97 Å². The van der Waals surface area contributed by atoms with Crippen LogP contribution in [0.25, 0.3) is 6.08 Å². The fourth-order valence-electron chi connectivity index (χ4n) is 2.96. The number of hydrogen-bond donors (Lipinski definition) is 0. The van der Waals surface area contributed by atoms with Gasteiger partial charge in [0, 0.05) is 12.1 Å². The lowest BCUT2D eigenvalue weighted by Crippen LogP contribution is -1.99. The Balaban J connectivity index is 1.63. The molecule has 0 atom stereocenters. The zero-order valence-electron chi connectivity index (χ0n) is 17.7. The maximum absolute atomic E-state index is 13.0. The number of benzene rings is 2. The third-order valence-corrected chi connectivity index (χ3v) is 4.42. The lowest BCUT2D eigenvalue weighted by molar-refractivity contribution is -0.137. The van der Waals surface area contributed by atoms with Crippen LogP contribution < -0.4 is 9.47 Å². The second kappa shape index (κ2) is 10.4. The summed E-state index contributed by atoms with van der Waals surface area (Å²) in [5.74, 6) is 1.09. The Kier molecular flexibility index (Phi) is 7.38. The molecule has 0 N–H and O–H groups in total. The number of aromatic nitrogens is 1. The van der Waals surface area contributed by atoms with Gasteiger partial charge in [-0.25, -0.2) is 14.2 Å². The Hall–Kier alpha value is -3.67. The molecule has 0 unspecified atom stereocenters. The van der Waals surface area contributed by atoms with Crippen LogP contribution in [0.3, 0.4) is 0 Å². The van der Waals surface area contributed by atoms with Crippen molar-refractivity contribution in [2.24, 2.45) is 0 Å². The molecule has 0 bridgehead atoms. The van der Waals surface area contributed by atoms with Gasteiger partial charge in [0.15, 0.2) is 0 Å². The average Bonchev–Trinajstić information content (AvgIpc) is 2.75. The van der Waals surface area contributed by atoms with Crippen molar-refractivity contribution in [2.45, 2.75) is 27.4 Å². The first-order chi connectivity index (χ1) is 14.9. The minimum Gasteiger partial charge on any atom is -0.487 e. The molecule has 0 aliphatic carbocycles. The van der Waals surface area contributed by atoms with Crippen molar-refractivity contribution >= 4 is 12.0 Å². The number of esters is 1. The standard InChI is InChI=1S/C25H24FNO4/c1-4-29-24(28)12-7-20-13-17(2)25(18(3)14-20)31-23-11-10-22(15-27-23)30-16-19-5-8-21(26)9-6-19/h5-15H,4,16H2,1-3H3/b12-7+. The molecule has 5 nitrogen and oxygen atoms in total. The largest absolute Gasteiger partial charge is 0.487 e. The van der Waals surface area contributed by atoms with Crippen LogP contribution in [-0.2, 0) is 16.1 Å². The van der Waals surface area contributed by atoms with E-state index in [2.05, 4.69) is 4.98 Å². The van der Waals surface area contributed by atoms with Crippen molar-refractivity contribution in [2.75, 3.05) is 6.61 Å². The van der Waals surface area contributed by atoms with Crippen LogP contribution in [0.5, 0.6) is 17.4 Å². The lowest BCUT2D eigenvalue weighted by atomic mass is 10.1. The highest BCUT2D eigenvalue weighted by atomic mass is 19.1. The molecule has 6 heteroatoms. The summed E-state index contributed by atoms with van der Waals surface area (Å²) >= 11 is 0. The Morgan fingerprint density at radius 2 is 1.77 bits per heavy atom. The van der Waals surface area contributed by atoms with Crippen LogP contribution in [0.15, 0.2) is 60.8 Å². The molecule has 2 aromatic carbocycles. The van der Waals surface area contributed by atoms with Gasteiger partial charge in [-0.3, -0.25) is 0 Å². The van der Waals surface area contributed by atoms with Gasteiger partial charge in [0.25, 0.3) is 0 Å². The topological polar surface area (TPSA) is 57.7 Å². The average molecular weight is 421 g/mol. The minimum absolute atomic E-state index is 0.277. The van der Waals surface area contributed by atoms with Gasteiger partial charge in [-0.15, -0.1) is 0 Å². The molecular weight excluding hydrogens is 397 g/mol. The summed E-state index contributed by atoms with van der Waals surface area (Å²) in [4.78, 5) is 15.8. The molecule has 160 valence electrons. The van der Waals surface area contributed by atoms with Crippen LogP contribution in [0.2, 0.25) is 0 Å². The molecule has 0 saturated heterocycles. The second-order valence-electron chi connectivity index (χ2n) is 6.92. The van der Waals surface area contributed by atoms with E-state index in [-0.39, 0.29) is 11.8 Å². The van der Waals surface area contributed by atoms with Gasteiger partial charge < -0.3 is 14.2 Å². The summed E-state index contributed by atoms with van der Waals surface area (Å²) in [6.45, 7) is 6.30. The van der Waals surface area contributed by atoms with E-state index in [1.54, 1.807) is 43.5 Å². The van der Waals surface area contributed by atoms with Crippen molar-refractivity contribution in [3.05, 3.63) is 88.9 Å². The zero-order chi connectivity index (χ0) is 22.2. The van der Waals surface area contributed by atoms with Crippen molar-refractivity contribution in [3.8, 4) is 17.4 Å². The molecule has 0 fully saturated rings. The Morgan fingerprint density at radius 1 is 1.06 bits per heavy atom. The number of halogens is 1. The molecule has 0 amide bonds. The van der Waals surface area contributed by atoms with Gasteiger partial charge in [-0.2, -0.15) is 0 Å². The van der Waals surface area contributed by atoms with Crippen molar-refractivity contribution in [1.29, 1.82) is 0 Å². The quantitative estimate of drug-likeness (QED) is 0.341. The number of hydrogen-bond acceptors (Lipinski definition) is 5. The highest BCUT2D eigenvalue weighted by Crippen LogP contribution is 2.30. The van der Waals surface area contributed by atoms with Crippen LogP contribution in [0.1, 0.15) is 29.2 Å². The van der Waals surface area contributed by atoms with E-state index in [1.165, 1.54) is 18.2 Å². The SMILES string of the molecule is CCOC(=O)/C=C/c1cc(C)c(Oc2ccc(OCc3ccc(F)cc3)cn2)c(C)c1. The molecule has 3 aromatic rings. The molecule has 1 heterocycles. The number of pyridine rings is 1. The van der Waals surface area contributed by atoms with E-state index in [4.69, 9.17) is 14.2 Å². The van der Waals surface area contributed by atoms with Gasteiger partial charge in [-0.1, -0.05) is 12.1 Å². The number of carbonyl (C=O) groups is 1. The van der Waals surface area contributed by atoms with E-state index < -0.39 is 0 Å². The molecule has 0 aliphatic heterocycles. The zero-order valence-corrected chi connectivity index (χ0v) is 17.7. The fraction of sp³-hybridized carbons (Fsp3) is 0.200. The molecule has 1 aromatic heterocycles. The van der Waals surface area contributed by atoms with Gasteiger partial charge in [0.05, 0.1) is 12.8 Å². The number of rotatable bonds is 8. The Labute approximate surface area is 181 Å². The number of aryl methyl sites for hydroxylation is 2.